The van der Waals surface area contributed by atoms with Gasteiger partial charge in [-0.25, -0.2) is 4.98 Å². The molecular formula is C18H21N5O2S. The van der Waals surface area contributed by atoms with Gasteiger partial charge in [0.25, 0.3) is 5.56 Å². The van der Waals surface area contributed by atoms with Gasteiger partial charge < -0.3 is 4.90 Å². The smallest absolute Gasteiger partial charge is 0.271 e. The molecule has 0 saturated carbocycles. The van der Waals surface area contributed by atoms with Crippen molar-refractivity contribution in [2.24, 2.45) is 0 Å². The molecule has 1 amide bonds. The molecule has 0 spiro atoms. The molecule has 0 N–H and O–H groups in total. The maximum absolute atomic E-state index is 12.8. The normalized spacial score (nSPS) is 14.5. The minimum atomic E-state index is 0.0181. The summed E-state index contributed by atoms with van der Waals surface area (Å²) in [6.07, 6.45) is 2.76. The van der Waals surface area contributed by atoms with Crippen molar-refractivity contribution >= 4 is 27.5 Å². The zero-order chi connectivity index (χ0) is 18.3. The molecule has 0 unspecified atom stereocenters. The van der Waals surface area contributed by atoms with Crippen LogP contribution in [0.1, 0.15) is 23.5 Å². The van der Waals surface area contributed by atoms with Gasteiger partial charge in [-0.3, -0.25) is 18.8 Å². The molecule has 8 heteroatoms. The topological polar surface area (TPSA) is 73.0 Å². The van der Waals surface area contributed by atoms with Crippen LogP contribution >= 0.6 is 11.3 Å². The number of aryl methyl sites for hydroxylation is 3. The molecule has 3 aromatic heterocycles. The lowest BCUT2D eigenvalue weighted by Crippen LogP contribution is -2.34. The molecule has 1 aliphatic rings. The van der Waals surface area contributed by atoms with E-state index in [-0.39, 0.29) is 11.5 Å². The molecule has 0 fully saturated rings. The lowest BCUT2D eigenvalue weighted by Gasteiger charge is -2.20. The van der Waals surface area contributed by atoms with Crippen molar-refractivity contribution in [3.05, 3.63) is 45.1 Å². The minimum absolute atomic E-state index is 0.0181. The molecule has 1 aliphatic heterocycles. The van der Waals surface area contributed by atoms with Crippen LogP contribution in [-0.4, -0.2) is 43.2 Å². The standard InChI is InChI=1S/C18H21N5O2S/c1-12-11-26-17-16(12)20-14-4-7-21(9-10-22(14)18(17)25)15(24)5-8-23-13(2)3-6-19-23/h3,6,11H,4-5,7-10H2,1-2H3. The van der Waals surface area contributed by atoms with E-state index in [1.807, 2.05) is 34.9 Å². The van der Waals surface area contributed by atoms with Crippen LogP contribution < -0.4 is 5.56 Å². The van der Waals surface area contributed by atoms with Gasteiger partial charge in [-0.1, -0.05) is 0 Å². The monoisotopic (exact) mass is 371 g/mol. The molecule has 0 aliphatic carbocycles. The SMILES string of the molecule is Cc1csc2c(=O)n3c(nc12)CCN(C(=O)CCn1nccc1C)CC3. The third-order valence-corrected chi connectivity index (χ3v) is 6.03. The summed E-state index contributed by atoms with van der Waals surface area (Å²) in [4.78, 5) is 31.9. The number of hydrogen-bond donors (Lipinski definition) is 0. The summed E-state index contributed by atoms with van der Waals surface area (Å²) in [6, 6.07) is 1.93. The summed E-state index contributed by atoms with van der Waals surface area (Å²) in [6.45, 7) is 6.17. The zero-order valence-corrected chi connectivity index (χ0v) is 15.8. The summed E-state index contributed by atoms with van der Waals surface area (Å²) < 4.78 is 4.29. The van der Waals surface area contributed by atoms with Crippen molar-refractivity contribution in [2.45, 2.75) is 39.8 Å². The van der Waals surface area contributed by atoms with Crippen LogP contribution in [0.2, 0.25) is 0 Å². The van der Waals surface area contributed by atoms with Crippen LogP contribution in [0.15, 0.2) is 22.4 Å². The van der Waals surface area contributed by atoms with Crippen molar-refractivity contribution in [2.75, 3.05) is 13.1 Å². The van der Waals surface area contributed by atoms with Gasteiger partial charge in [0.05, 0.1) is 5.52 Å². The predicted octanol–water partition coefficient (Wildman–Crippen LogP) is 1.75. The number of nitrogens with zero attached hydrogens (tertiary/aromatic N) is 5. The number of thiophene rings is 1. The van der Waals surface area contributed by atoms with Gasteiger partial charge in [0.2, 0.25) is 5.91 Å². The second kappa shape index (κ2) is 6.68. The van der Waals surface area contributed by atoms with E-state index in [1.165, 1.54) is 11.3 Å². The fourth-order valence-electron chi connectivity index (χ4n) is 3.39. The zero-order valence-electron chi connectivity index (χ0n) is 14.9. The van der Waals surface area contributed by atoms with Crippen molar-refractivity contribution in [3.63, 3.8) is 0 Å². The molecular weight excluding hydrogens is 350 g/mol. The third kappa shape index (κ3) is 2.94. The van der Waals surface area contributed by atoms with Gasteiger partial charge in [-0.2, -0.15) is 5.10 Å². The first kappa shape index (κ1) is 17.0. The Morgan fingerprint density at radius 2 is 2.12 bits per heavy atom. The summed E-state index contributed by atoms with van der Waals surface area (Å²) >= 11 is 1.45. The molecule has 0 radical (unpaired) electrons. The molecule has 0 aromatic carbocycles. The molecule has 4 rings (SSSR count). The lowest BCUT2D eigenvalue weighted by molar-refractivity contribution is -0.131. The van der Waals surface area contributed by atoms with E-state index in [2.05, 4.69) is 5.10 Å². The Morgan fingerprint density at radius 3 is 2.88 bits per heavy atom. The average Bonchev–Trinajstić information content (AvgIpc) is 3.12. The molecule has 0 saturated heterocycles. The Balaban J connectivity index is 1.50. The average molecular weight is 371 g/mol. The highest BCUT2D eigenvalue weighted by atomic mass is 32.1. The molecule has 0 atom stereocenters. The first-order valence-corrected chi connectivity index (χ1v) is 9.66. The van der Waals surface area contributed by atoms with Crippen molar-refractivity contribution < 1.29 is 4.79 Å². The van der Waals surface area contributed by atoms with Crippen LogP contribution in [0.25, 0.3) is 10.2 Å². The van der Waals surface area contributed by atoms with E-state index < -0.39 is 0 Å². The molecule has 7 nitrogen and oxygen atoms in total. The number of aromatic nitrogens is 4. The molecule has 0 bridgehead atoms. The summed E-state index contributed by atoms with van der Waals surface area (Å²) in [5.41, 5.74) is 2.91. The van der Waals surface area contributed by atoms with Crippen LogP contribution in [0, 0.1) is 13.8 Å². The van der Waals surface area contributed by atoms with E-state index in [0.29, 0.717) is 43.7 Å². The first-order chi connectivity index (χ1) is 12.5. The third-order valence-electron chi connectivity index (χ3n) is 4.95. The van der Waals surface area contributed by atoms with E-state index in [9.17, 15) is 9.59 Å². The van der Waals surface area contributed by atoms with Crippen LogP contribution in [0.5, 0.6) is 0 Å². The quantitative estimate of drug-likeness (QED) is 0.703. The minimum Gasteiger partial charge on any atom is -0.340 e. The van der Waals surface area contributed by atoms with E-state index in [1.54, 1.807) is 10.8 Å². The number of rotatable bonds is 3. The Labute approximate surface area is 154 Å². The Hall–Kier alpha value is -2.48. The van der Waals surface area contributed by atoms with Gasteiger partial charge in [0, 0.05) is 50.9 Å². The van der Waals surface area contributed by atoms with Gasteiger partial charge in [0.15, 0.2) is 0 Å². The number of hydrogen-bond acceptors (Lipinski definition) is 5. The fourth-order valence-corrected chi connectivity index (χ4v) is 4.32. The Bertz CT molecular complexity index is 1030. The second-order valence-electron chi connectivity index (χ2n) is 6.66. The van der Waals surface area contributed by atoms with Crippen LogP contribution in [-0.2, 0) is 24.3 Å². The fraction of sp³-hybridized carbons (Fsp3) is 0.444. The summed E-state index contributed by atoms with van der Waals surface area (Å²) in [5.74, 6) is 0.876. The van der Waals surface area contributed by atoms with Gasteiger partial charge >= 0.3 is 0 Å². The maximum atomic E-state index is 12.8. The van der Waals surface area contributed by atoms with Gasteiger partial charge in [-0.05, 0) is 30.9 Å². The van der Waals surface area contributed by atoms with Crippen molar-refractivity contribution in [1.29, 1.82) is 0 Å². The first-order valence-electron chi connectivity index (χ1n) is 8.78. The molecule has 136 valence electrons. The number of fused-ring (bicyclic) bond motifs is 2. The highest BCUT2D eigenvalue weighted by Gasteiger charge is 2.21. The number of amides is 1. The summed E-state index contributed by atoms with van der Waals surface area (Å²) in [5, 5.41) is 6.20. The summed E-state index contributed by atoms with van der Waals surface area (Å²) in [7, 11) is 0. The lowest BCUT2D eigenvalue weighted by atomic mass is 10.3. The van der Waals surface area contributed by atoms with Gasteiger partial charge in [0.1, 0.15) is 10.5 Å². The molecule has 3 aromatic rings. The van der Waals surface area contributed by atoms with E-state index >= 15 is 0 Å². The molecule has 26 heavy (non-hydrogen) atoms. The highest BCUT2D eigenvalue weighted by Crippen LogP contribution is 2.21. The van der Waals surface area contributed by atoms with Crippen molar-refractivity contribution in [1.82, 2.24) is 24.2 Å². The second-order valence-corrected chi connectivity index (χ2v) is 7.54. The number of carbonyl (C=O) groups is 1. The maximum Gasteiger partial charge on any atom is 0.271 e. The van der Waals surface area contributed by atoms with E-state index in [4.69, 9.17) is 4.98 Å². The predicted molar refractivity (Wildman–Crippen MR) is 100 cm³/mol. The molecule has 4 heterocycles. The Kier molecular flexibility index (Phi) is 4.36. The number of carbonyl (C=O) groups excluding carboxylic acids is 1. The largest absolute Gasteiger partial charge is 0.340 e. The Morgan fingerprint density at radius 1 is 1.27 bits per heavy atom. The van der Waals surface area contributed by atoms with E-state index in [0.717, 1.165) is 22.6 Å². The van der Waals surface area contributed by atoms with Crippen LogP contribution in [0.3, 0.4) is 0 Å². The van der Waals surface area contributed by atoms with Gasteiger partial charge in [-0.15, -0.1) is 11.3 Å². The van der Waals surface area contributed by atoms with Crippen molar-refractivity contribution in [3.8, 4) is 0 Å². The van der Waals surface area contributed by atoms with Crippen LogP contribution in [0.4, 0.5) is 0 Å². The highest BCUT2D eigenvalue weighted by molar-refractivity contribution is 7.17.